The molecule has 1 heterocycles. The summed E-state index contributed by atoms with van der Waals surface area (Å²) in [6.07, 6.45) is -0.0733. The number of para-hydroxylation sites is 1. The molecule has 2 rings (SSSR count). The Kier molecular flexibility index (Phi) is 7.36. The standard InChI is InChI=1S/C14H20N2O3.ClH/c1-11(19-12-5-3-2-4-6-12)9-16-14(17)13-10-18-8-7-15-13;/h2-6,11,13,15H,7-10H2,1H3,(H,16,17);1H. The lowest BCUT2D eigenvalue weighted by Crippen LogP contribution is -2.52. The third-order valence-electron chi connectivity index (χ3n) is 2.88. The number of hydrogen-bond donors (Lipinski definition) is 2. The Morgan fingerprint density at radius 1 is 1.50 bits per heavy atom. The van der Waals surface area contributed by atoms with Gasteiger partial charge in [0.2, 0.25) is 5.91 Å². The fourth-order valence-corrected chi connectivity index (χ4v) is 1.87. The summed E-state index contributed by atoms with van der Waals surface area (Å²) in [4.78, 5) is 11.8. The van der Waals surface area contributed by atoms with E-state index >= 15 is 0 Å². The molecule has 1 aliphatic heterocycles. The maximum absolute atomic E-state index is 11.8. The monoisotopic (exact) mass is 300 g/mol. The molecule has 112 valence electrons. The van der Waals surface area contributed by atoms with Crippen LogP contribution in [0.25, 0.3) is 0 Å². The number of ether oxygens (including phenoxy) is 2. The molecule has 0 aromatic heterocycles. The van der Waals surface area contributed by atoms with E-state index in [2.05, 4.69) is 10.6 Å². The van der Waals surface area contributed by atoms with E-state index in [0.717, 1.165) is 5.75 Å². The topological polar surface area (TPSA) is 59.6 Å². The van der Waals surface area contributed by atoms with Gasteiger partial charge in [-0.25, -0.2) is 0 Å². The van der Waals surface area contributed by atoms with Gasteiger partial charge in [-0.15, -0.1) is 12.4 Å². The summed E-state index contributed by atoms with van der Waals surface area (Å²) in [6, 6.07) is 9.32. The van der Waals surface area contributed by atoms with Crippen molar-refractivity contribution in [1.29, 1.82) is 0 Å². The molecule has 0 saturated carbocycles. The number of benzene rings is 1. The molecule has 1 fully saturated rings. The molecule has 0 bridgehead atoms. The van der Waals surface area contributed by atoms with Crippen molar-refractivity contribution in [3.8, 4) is 5.75 Å². The molecule has 1 aromatic carbocycles. The highest BCUT2D eigenvalue weighted by Crippen LogP contribution is 2.10. The summed E-state index contributed by atoms with van der Waals surface area (Å²) in [6.45, 7) is 4.22. The van der Waals surface area contributed by atoms with Crippen molar-refractivity contribution in [1.82, 2.24) is 10.6 Å². The second-order valence-electron chi connectivity index (χ2n) is 4.57. The summed E-state index contributed by atoms with van der Waals surface area (Å²) in [5.74, 6) is 0.770. The van der Waals surface area contributed by atoms with Crippen LogP contribution < -0.4 is 15.4 Å². The van der Waals surface area contributed by atoms with Gasteiger partial charge in [0.1, 0.15) is 17.9 Å². The van der Waals surface area contributed by atoms with Crippen LogP contribution in [0.5, 0.6) is 5.75 Å². The lowest BCUT2D eigenvalue weighted by atomic mass is 10.2. The maximum Gasteiger partial charge on any atom is 0.239 e. The van der Waals surface area contributed by atoms with Gasteiger partial charge in [0.15, 0.2) is 0 Å². The Balaban J connectivity index is 0.00000200. The molecular weight excluding hydrogens is 280 g/mol. The highest BCUT2D eigenvalue weighted by molar-refractivity contribution is 5.85. The Hall–Kier alpha value is -1.30. The number of rotatable bonds is 5. The average Bonchev–Trinajstić information content (AvgIpc) is 2.47. The largest absolute Gasteiger partial charge is 0.489 e. The molecule has 1 aromatic rings. The Labute approximate surface area is 125 Å². The molecule has 0 spiro atoms. The Bertz CT molecular complexity index is 397. The second-order valence-corrected chi connectivity index (χ2v) is 4.57. The number of amides is 1. The molecule has 1 saturated heterocycles. The summed E-state index contributed by atoms with van der Waals surface area (Å²) < 4.78 is 10.9. The van der Waals surface area contributed by atoms with Gasteiger partial charge in [-0.1, -0.05) is 18.2 Å². The highest BCUT2D eigenvalue weighted by atomic mass is 35.5. The second kappa shape index (κ2) is 8.79. The molecule has 2 N–H and O–H groups in total. The van der Waals surface area contributed by atoms with Crippen LogP contribution in [-0.2, 0) is 9.53 Å². The smallest absolute Gasteiger partial charge is 0.239 e. The summed E-state index contributed by atoms with van der Waals surface area (Å²) in [7, 11) is 0. The molecular formula is C14H21ClN2O3. The summed E-state index contributed by atoms with van der Waals surface area (Å²) >= 11 is 0. The van der Waals surface area contributed by atoms with Crippen LogP contribution in [0, 0.1) is 0 Å². The SMILES string of the molecule is CC(CNC(=O)C1COCCN1)Oc1ccccc1.Cl. The summed E-state index contributed by atoms with van der Waals surface area (Å²) in [5.41, 5.74) is 0. The van der Waals surface area contributed by atoms with Crippen molar-refractivity contribution in [2.75, 3.05) is 26.3 Å². The first-order valence-corrected chi connectivity index (χ1v) is 6.56. The molecule has 1 amide bonds. The predicted octanol–water partition coefficient (Wildman–Crippen LogP) is 0.980. The van der Waals surface area contributed by atoms with Gasteiger partial charge in [-0.3, -0.25) is 4.79 Å². The zero-order valence-electron chi connectivity index (χ0n) is 11.5. The minimum Gasteiger partial charge on any atom is -0.489 e. The predicted molar refractivity (Wildman–Crippen MR) is 79.4 cm³/mol. The molecule has 0 radical (unpaired) electrons. The first-order chi connectivity index (χ1) is 9.25. The van der Waals surface area contributed by atoms with Gasteiger partial charge in [-0.2, -0.15) is 0 Å². The van der Waals surface area contributed by atoms with Crippen molar-refractivity contribution in [3.05, 3.63) is 30.3 Å². The van der Waals surface area contributed by atoms with Gasteiger partial charge >= 0.3 is 0 Å². The molecule has 1 aliphatic rings. The van der Waals surface area contributed by atoms with Crippen LogP contribution in [0.3, 0.4) is 0 Å². The van der Waals surface area contributed by atoms with E-state index in [1.807, 2.05) is 37.3 Å². The van der Waals surface area contributed by atoms with Crippen LogP contribution in [0.4, 0.5) is 0 Å². The zero-order valence-corrected chi connectivity index (χ0v) is 12.3. The highest BCUT2D eigenvalue weighted by Gasteiger charge is 2.21. The molecule has 0 aliphatic carbocycles. The first-order valence-electron chi connectivity index (χ1n) is 6.56. The van der Waals surface area contributed by atoms with Crippen molar-refractivity contribution >= 4 is 18.3 Å². The molecule has 5 nitrogen and oxygen atoms in total. The van der Waals surface area contributed by atoms with Crippen molar-refractivity contribution in [2.24, 2.45) is 0 Å². The van der Waals surface area contributed by atoms with E-state index < -0.39 is 0 Å². The lowest BCUT2D eigenvalue weighted by molar-refractivity contribution is -0.126. The molecule has 6 heteroatoms. The minimum absolute atomic E-state index is 0. The first kappa shape index (κ1) is 16.8. The van der Waals surface area contributed by atoms with Crippen molar-refractivity contribution < 1.29 is 14.3 Å². The van der Waals surface area contributed by atoms with Crippen LogP contribution in [0.15, 0.2) is 30.3 Å². The minimum atomic E-state index is -0.252. The van der Waals surface area contributed by atoms with E-state index in [9.17, 15) is 4.79 Å². The third kappa shape index (κ3) is 5.36. The molecule has 20 heavy (non-hydrogen) atoms. The number of carbonyl (C=O) groups excluding carboxylic acids is 1. The number of nitrogens with one attached hydrogen (secondary N) is 2. The number of halogens is 1. The van der Waals surface area contributed by atoms with Gasteiger partial charge in [0.05, 0.1) is 19.8 Å². The van der Waals surface area contributed by atoms with Gasteiger partial charge in [0.25, 0.3) is 0 Å². The van der Waals surface area contributed by atoms with Crippen LogP contribution in [0.2, 0.25) is 0 Å². The normalized spacial score (nSPS) is 19.6. The van der Waals surface area contributed by atoms with Gasteiger partial charge in [0, 0.05) is 6.54 Å². The van der Waals surface area contributed by atoms with E-state index in [0.29, 0.717) is 26.3 Å². The van der Waals surface area contributed by atoms with Crippen LogP contribution >= 0.6 is 12.4 Å². The number of morpholine rings is 1. The third-order valence-corrected chi connectivity index (χ3v) is 2.88. The van der Waals surface area contributed by atoms with E-state index in [1.165, 1.54) is 0 Å². The summed E-state index contributed by atoms with van der Waals surface area (Å²) in [5, 5.41) is 5.98. The molecule has 2 atom stereocenters. The fraction of sp³-hybridized carbons (Fsp3) is 0.500. The molecule has 2 unspecified atom stereocenters. The lowest BCUT2D eigenvalue weighted by Gasteiger charge is -2.23. The zero-order chi connectivity index (χ0) is 13.5. The quantitative estimate of drug-likeness (QED) is 0.851. The Morgan fingerprint density at radius 2 is 2.25 bits per heavy atom. The van der Waals surface area contributed by atoms with Crippen LogP contribution in [-0.4, -0.2) is 44.4 Å². The van der Waals surface area contributed by atoms with Gasteiger partial charge in [-0.05, 0) is 19.1 Å². The maximum atomic E-state index is 11.8. The van der Waals surface area contributed by atoms with Crippen LogP contribution in [0.1, 0.15) is 6.92 Å². The Morgan fingerprint density at radius 3 is 2.90 bits per heavy atom. The fourth-order valence-electron chi connectivity index (χ4n) is 1.87. The van der Waals surface area contributed by atoms with Gasteiger partial charge < -0.3 is 20.1 Å². The number of carbonyl (C=O) groups is 1. The number of hydrogen-bond acceptors (Lipinski definition) is 4. The van der Waals surface area contributed by atoms with E-state index in [1.54, 1.807) is 0 Å². The average molecular weight is 301 g/mol. The van der Waals surface area contributed by atoms with Crippen molar-refractivity contribution in [2.45, 2.75) is 19.1 Å². The van der Waals surface area contributed by atoms with E-state index in [4.69, 9.17) is 9.47 Å². The van der Waals surface area contributed by atoms with Crippen molar-refractivity contribution in [3.63, 3.8) is 0 Å². The van der Waals surface area contributed by atoms with E-state index in [-0.39, 0.29) is 30.5 Å².